The first-order valence-corrected chi connectivity index (χ1v) is 8.64. The molecule has 134 valence electrons. The smallest absolute Gasteiger partial charge is 0.219 e. The molecule has 1 aromatic carbocycles. The third-order valence-corrected chi connectivity index (χ3v) is 3.69. The average molecular weight is 349 g/mol. The normalized spacial score (nSPS) is 11.8. The number of nitriles is 1. The van der Waals surface area contributed by atoms with Crippen molar-refractivity contribution >= 4 is 12.0 Å². The first-order valence-electron chi connectivity index (χ1n) is 8.64. The first-order chi connectivity index (χ1) is 12.5. The molecule has 0 aliphatic carbocycles. The van der Waals surface area contributed by atoms with Crippen LogP contribution in [0.3, 0.4) is 0 Å². The first kappa shape index (κ1) is 19.2. The Balaban J connectivity index is 2.06. The summed E-state index contributed by atoms with van der Waals surface area (Å²) in [6.45, 7) is 5.49. The van der Waals surface area contributed by atoms with Crippen molar-refractivity contribution in [3.63, 3.8) is 0 Å². The molecule has 0 fully saturated rings. The summed E-state index contributed by atoms with van der Waals surface area (Å²) >= 11 is 0. The summed E-state index contributed by atoms with van der Waals surface area (Å²) in [5, 5.41) is 12.1. The largest absolute Gasteiger partial charge is 0.438 e. The van der Waals surface area contributed by atoms with E-state index in [1.54, 1.807) is 12.3 Å². The number of nitrogens with zero attached hydrogens (tertiary/aromatic N) is 2. The highest BCUT2D eigenvalue weighted by Gasteiger charge is 2.07. The van der Waals surface area contributed by atoms with Gasteiger partial charge < -0.3 is 10.1 Å². The minimum atomic E-state index is -0.0673. The predicted octanol–water partition coefficient (Wildman–Crippen LogP) is 4.24. The molecule has 26 heavy (non-hydrogen) atoms. The van der Waals surface area contributed by atoms with Gasteiger partial charge in [0.1, 0.15) is 11.8 Å². The van der Waals surface area contributed by atoms with Crippen LogP contribution in [0.1, 0.15) is 43.9 Å². The number of aryl methyl sites for hydroxylation is 1. The van der Waals surface area contributed by atoms with Gasteiger partial charge in [-0.25, -0.2) is 4.98 Å². The van der Waals surface area contributed by atoms with Gasteiger partial charge in [0.2, 0.25) is 11.8 Å². The molecule has 0 unspecified atom stereocenters. The summed E-state index contributed by atoms with van der Waals surface area (Å²) in [6, 6.07) is 11.4. The van der Waals surface area contributed by atoms with Crippen LogP contribution >= 0.6 is 0 Å². The van der Waals surface area contributed by atoms with Crippen molar-refractivity contribution in [2.45, 2.75) is 39.7 Å². The van der Waals surface area contributed by atoms with E-state index in [0.29, 0.717) is 17.2 Å². The standard InChI is InChI=1S/C21H23N3O2/c1-4-5-17-8-10-20(19(12-17)13-22)26-21-11-9-18(14-23-21)7-6-15(2)24-16(3)25/h6-12,14-15H,4-5H2,1-3H3,(H,24,25)/b7-6+/t15-/m0/s1. The zero-order valence-corrected chi connectivity index (χ0v) is 15.3. The van der Waals surface area contributed by atoms with Crippen LogP contribution in [0.15, 0.2) is 42.6 Å². The van der Waals surface area contributed by atoms with Gasteiger partial charge in [0.25, 0.3) is 0 Å². The van der Waals surface area contributed by atoms with E-state index in [1.165, 1.54) is 6.92 Å². The van der Waals surface area contributed by atoms with Gasteiger partial charge in [-0.1, -0.05) is 31.6 Å². The van der Waals surface area contributed by atoms with E-state index in [-0.39, 0.29) is 11.9 Å². The van der Waals surface area contributed by atoms with Crippen molar-refractivity contribution in [2.75, 3.05) is 0 Å². The van der Waals surface area contributed by atoms with Crippen LogP contribution in [0.25, 0.3) is 6.08 Å². The molecule has 1 atom stereocenters. The number of amides is 1. The second-order valence-corrected chi connectivity index (χ2v) is 6.07. The number of aromatic nitrogens is 1. The van der Waals surface area contributed by atoms with Gasteiger partial charge in [0.15, 0.2) is 0 Å². The number of rotatable bonds is 7. The monoisotopic (exact) mass is 349 g/mol. The van der Waals surface area contributed by atoms with Crippen LogP contribution < -0.4 is 10.1 Å². The van der Waals surface area contributed by atoms with Gasteiger partial charge in [-0.05, 0) is 42.7 Å². The van der Waals surface area contributed by atoms with Crippen molar-refractivity contribution in [1.82, 2.24) is 10.3 Å². The second-order valence-electron chi connectivity index (χ2n) is 6.07. The van der Waals surface area contributed by atoms with Gasteiger partial charge in [-0.3, -0.25) is 4.79 Å². The van der Waals surface area contributed by atoms with E-state index in [0.717, 1.165) is 24.0 Å². The maximum Gasteiger partial charge on any atom is 0.219 e. The Morgan fingerprint density at radius 3 is 2.81 bits per heavy atom. The topological polar surface area (TPSA) is 75.0 Å². The summed E-state index contributed by atoms with van der Waals surface area (Å²) in [6.07, 6.45) is 7.42. The van der Waals surface area contributed by atoms with Crippen LogP contribution in [0.5, 0.6) is 11.6 Å². The number of carbonyl (C=O) groups is 1. The number of nitrogens with one attached hydrogen (secondary N) is 1. The van der Waals surface area contributed by atoms with Crippen molar-refractivity contribution in [1.29, 1.82) is 5.26 Å². The molecule has 5 nitrogen and oxygen atoms in total. The molecule has 1 amide bonds. The maximum absolute atomic E-state index is 11.0. The van der Waals surface area contributed by atoms with E-state index in [9.17, 15) is 10.1 Å². The third-order valence-electron chi connectivity index (χ3n) is 3.69. The Kier molecular flexibility index (Phi) is 6.92. The van der Waals surface area contributed by atoms with E-state index < -0.39 is 0 Å². The number of ether oxygens (including phenoxy) is 1. The quantitative estimate of drug-likeness (QED) is 0.811. The fraction of sp³-hybridized carbons (Fsp3) is 0.286. The number of hydrogen-bond donors (Lipinski definition) is 1. The lowest BCUT2D eigenvalue weighted by molar-refractivity contribution is -0.119. The summed E-state index contributed by atoms with van der Waals surface area (Å²) in [4.78, 5) is 15.3. The molecule has 1 heterocycles. The average Bonchev–Trinajstić information content (AvgIpc) is 2.62. The molecule has 2 rings (SSSR count). The zero-order chi connectivity index (χ0) is 18.9. The lowest BCUT2D eigenvalue weighted by Crippen LogP contribution is -2.28. The molecule has 0 radical (unpaired) electrons. The number of benzene rings is 1. The van der Waals surface area contributed by atoms with Crippen molar-refractivity contribution in [3.8, 4) is 17.7 Å². The van der Waals surface area contributed by atoms with Gasteiger partial charge >= 0.3 is 0 Å². The van der Waals surface area contributed by atoms with E-state index in [1.807, 2.05) is 43.3 Å². The van der Waals surface area contributed by atoms with Gasteiger partial charge in [0, 0.05) is 25.2 Å². The minimum absolute atomic E-state index is 0.0525. The molecular formula is C21H23N3O2. The fourth-order valence-corrected chi connectivity index (χ4v) is 2.49. The molecule has 0 aliphatic rings. The Bertz CT molecular complexity index is 820. The fourth-order valence-electron chi connectivity index (χ4n) is 2.49. The molecule has 0 spiro atoms. The number of carbonyl (C=O) groups excluding carboxylic acids is 1. The Morgan fingerprint density at radius 2 is 2.19 bits per heavy atom. The van der Waals surface area contributed by atoms with Crippen LogP contribution in [-0.2, 0) is 11.2 Å². The molecule has 0 aliphatic heterocycles. The van der Waals surface area contributed by atoms with Crippen LogP contribution in [0.2, 0.25) is 0 Å². The number of pyridine rings is 1. The SMILES string of the molecule is CCCc1ccc(Oc2ccc(/C=C/[C@H](C)NC(C)=O)cn2)c(C#N)c1. The van der Waals surface area contributed by atoms with Crippen molar-refractivity contribution in [2.24, 2.45) is 0 Å². The Labute approximate surface area is 154 Å². The van der Waals surface area contributed by atoms with E-state index >= 15 is 0 Å². The van der Waals surface area contributed by atoms with Crippen molar-refractivity contribution < 1.29 is 9.53 Å². The molecule has 0 saturated heterocycles. The summed E-state index contributed by atoms with van der Waals surface area (Å²) in [5.74, 6) is 0.863. The highest BCUT2D eigenvalue weighted by Crippen LogP contribution is 2.25. The minimum Gasteiger partial charge on any atom is -0.438 e. The van der Waals surface area contributed by atoms with Crippen LogP contribution in [0, 0.1) is 11.3 Å². The summed E-state index contributed by atoms with van der Waals surface area (Å²) < 4.78 is 5.75. The molecular weight excluding hydrogens is 326 g/mol. The molecule has 0 saturated carbocycles. The molecule has 0 bridgehead atoms. The summed E-state index contributed by atoms with van der Waals surface area (Å²) in [7, 11) is 0. The molecule has 1 aromatic heterocycles. The molecule has 5 heteroatoms. The van der Waals surface area contributed by atoms with Gasteiger partial charge in [-0.2, -0.15) is 5.26 Å². The zero-order valence-electron chi connectivity index (χ0n) is 15.3. The number of hydrogen-bond acceptors (Lipinski definition) is 4. The van der Waals surface area contributed by atoms with Crippen LogP contribution in [0.4, 0.5) is 0 Å². The van der Waals surface area contributed by atoms with Crippen LogP contribution in [-0.4, -0.2) is 16.9 Å². The third kappa shape index (κ3) is 5.75. The van der Waals surface area contributed by atoms with Gasteiger partial charge in [-0.15, -0.1) is 0 Å². The highest BCUT2D eigenvalue weighted by atomic mass is 16.5. The maximum atomic E-state index is 11.0. The van der Waals surface area contributed by atoms with Crippen molar-refractivity contribution in [3.05, 3.63) is 59.3 Å². The highest BCUT2D eigenvalue weighted by molar-refractivity contribution is 5.73. The Morgan fingerprint density at radius 1 is 1.38 bits per heavy atom. The van der Waals surface area contributed by atoms with Gasteiger partial charge in [0.05, 0.1) is 5.56 Å². The van der Waals surface area contributed by atoms with E-state index in [2.05, 4.69) is 23.3 Å². The molecule has 2 aromatic rings. The second kappa shape index (κ2) is 9.38. The predicted molar refractivity (Wildman–Crippen MR) is 102 cm³/mol. The lowest BCUT2D eigenvalue weighted by Gasteiger charge is -2.09. The lowest BCUT2D eigenvalue weighted by atomic mass is 10.1. The summed E-state index contributed by atoms with van der Waals surface area (Å²) in [5.41, 5.74) is 2.53. The van der Waals surface area contributed by atoms with E-state index in [4.69, 9.17) is 4.74 Å². The Hall–Kier alpha value is -3.13. The molecule has 1 N–H and O–H groups in total.